The molecule has 2 aromatic carbocycles. The Balaban J connectivity index is 1.54. The number of aromatic nitrogens is 2. The molecular weight excluding hydrogens is 455 g/mol. The second kappa shape index (κ2) is 10.0. The average Bonchev–Trinajstić information content (AvgIpc) is 3.21. The molecule has 0 spiro atoms. The number of aliphatic hydroxyl groups excluding tert-OH is 1. The topological polar surface area (TPSA) is 127 Å². The van der Waals surface area contributed by atoms with Gasteiger partial charge in [-0.25, -0.2) is 17.9 Å². The zero-order chi connectivity index (χ0) is 23.4. The lowest BCUT2D eigenvalue weighted by molar-refractivity contribution is 0.0972. The summed E-state index contributed by atoms with van der Waals surface area (Å²) in [5.74, 6) is -0.295. The number of hydrogen-bond acceptors (Lipinski definition) is 8. The molecule has 1 heterocycles. The fourth-order valence-electron chi connectivity index (χ4n) is 3.06. The highest BCUT2D eigenvalue weighted by Gasteiger charge is 2.23. The van der Waals surface area contributed by atoms with Crippen LogP contribution in [0.2, 0.25) is 0 Å². The minimum Gasteiger partial charge on any atom is -0.473 e. The summed E-state index contributed by atoms with van der Waals surface area (Å²) < 4.78 is 51.1. The van der Waals surface area contributed by atoms with Crippen LogP contribution in [0, 0.1) is 5.82 Å². The van der Waals surface area contributed by atoms with Crippen LogP contribution in [0.4, 0.5) is 4.39 Å². The number of halogens is 1. The third kappa shape index (κ3) is 6.53. The molecule has 3 aromatic rings. The lowest BCUT2D eigenvalue weighted by Crippen LogP contribution is -2.46. The van der Waals surface area contributed by atoms with Crippen molar-refractivity contribution in [1.82, 2.24) is 14.1 Å². The summed E-state index contributed by atoms with van der Waals surface area (Å²) in [5.41, 5.74) is 1.25. The number of β-amino-alcohol motifs (C(OH)–C–C–N with tert-alkyl or cyclic N) is 1. The number of nitrogens with two attached hydrogens (primary N) is 1. The normalized spacial score (nSPS) is 13.2. The number of hydrogen-bond donors (Lipinski definition) is 3. The highest BCUT2D eigenvalue weighted by molar-refractivity contribution is 7.89. The average molecular weight is 481 g/mol. The Hall–Kier alpha value is -2.44. The summed E-state index contributed by atoms with van der Waals surface area (Å²) in [7, 11) is -3.96. The van der Waals surface area contributed by atoms with Crippen molar-refractivity contribution in [3.8, 4) is 17.1 Å². The van der Waals surface area contributed by atoms with Crippen LogP contribution in [-0.2, 0) is 16.4 Å². The van der Waals surface area contributed by atoms with E-state index in [1.165, 1.54) is 12.1 Å². The van der Waals surface area contributed by atoms with Gasteiger partial charge in [0.25, 0.3) is 5.88 Å². The van der Waals surface area contributed by atoms with Crippen molar-refractivity contribution in [2.24, 2.45) is 5.14 Å². The Bertz CT molecular complexity index is 1150. The van der Waals surface area contributed by atoms with Crippen LogP contribution in [0.3, 0.4) is 0 Å². The maximum absolute atomic E-state index is 14.3. The molecule has 0 aliphatic heterocycles. The van der Waals surface area contributed by atoms with Gasteiger partial charge in [0.05, 0.1) is 16.6 Å². The lowest BCUT2D eigenvalue weighted by Gasteiger charge is -2.28. The largest absolute Gasteiger partial charge is 0.473 e. The monoisotopic (exact) mass is 480 g/mol. The van der Waals surface area contributed by atoms with Gasteiger partial charge in [-0.2, -0.15) is 4.37 Å². The molecule has 1 atom stereocenters. The number of sulfonamides is 1. The predicted molar refractivity (Wildman–Crippen MR) is 120 cm³/mol. The van der Waals surface area contributed by atoms with E-state index < -0.39 is 27.5 Å². The number of ether oxygens (including phenoxy) is 1. The van der Waals surface area contributed by atoms with Crippen LogP contribution >= 0.6 is 11.7 Å². The number of nitrogens with zero attached hydrogens (tertiary/aromatic N) is 2. The Labute approximate surface area is 190 Å². The maximum Gasteiger partial charge on any atom is 0.254 e. The standard InChI is InChI=1S/C21H25FN4O4S2/c1-21(2,11-15-8-9-17(10-18(15)22)32(23,28)29)24-12-16(27)13-30-20-19(25-31-26-20)14-6-4-3-5-7-14/h3-10,16,24,27H,11-13H2,1-2H3,(H2,23,28,29)/t16-/m0/s1. The minimum atomic E-state index is -3.96. The number of primary sulfonamides is 1. The van der Waals surface area contributed by atoms with E-state index in [9.17, 15) is 17.9 Å². The van der Waals surface area contributed by atoms with E-state index >= 15 is 0 Å². The molecule has 4 N–H and O–H groups in total. The molecular formula is C21H25FN4O4S2. The smallest absolute Gasteiger partial charge is 0.254 e. The highest BCUT2D eigenvalue weighted by Crippen LogP contribution is 2.27. The zero-order valence-electron chi connectivity index (χ0n) is 17.7. The lowest BCUT2D eigenvalue weighted by atomic mass is 9.94. The van der Waals surface area contributed by atoms with Gasteiger partial charge in [-0.1, -0.05) is 36.4 Å². The third-order valence-corrected chi connectivity index (χ3v) is 6.14. The van der Waals surface area contributed by atoms with Crippen molar-refractivity contribution in [3.63, 3.8) is 0 Å². The number of aliphatic hydroxyl groups is 1. The van der Waals surface area contributed by atoms with Crippen LogP contribution in [0.5, 0.6) is 5.88 Å². The van der Waals surface area contributed by atoms with Crippen molar-refractivity contribution in [2.45, 2.75) is 36.8 Å². The van der Waals surface area contributed by atoms with Gasteiger partial charge in [0.2, 0.25) is 10.0 Å². The van der Waals surface area contributed by atoms with Crippen LogP contribution in [0.1, 0.15) is 19.4 Å². The predicted octanol–water partition coefficient (Wildman–Crippen LogP) is 2.34. The number of rotatable bonds is 10. The van der Waals surface area contributed by atoms with Crippen molar-refractivity contribution < 1.29 is 22.7 Å². The van der Waals surface area contributed by atoms with E-state index in [0.29, 0.717) is 17.1 Å². The molecule has 0 bridgehead atoms. The Morgan fingerprint density at radius 3 is 2.59 bits per heavy atom. The fraction of sp³-hybridized carbons (Fsp3) is 0.333. The maximum atomic E-state index is 14.3. The van der Waals surface area contributed by atoms with Crippen molar-refractivity contribution in [3.05, 3.63) is 59.9 Å². The first kappa shape index (κ1) is 24.2. The minimum absolute atomic E-state index is 0.00570. The summed E-state index contributed by atoms with van der Waals surface area (Å²) in [4.78, 5) is -0.275. The van der Waals surface area contributed by atoms with Crippen LogP contribution in [-0.4, -0.2) is 47.1 Å². The molecule has 3 rings (SSSR count). The Morgan fingerprint density at radius 1 is 1.22 bits per heavy atom. The molecule has 0 aliphatic rings. The molecule has 172 valence electrons. The SMILES string of the molecule is CC(C)(Cc1ccc(S(N)(=O)=O)cc1F)NC[C@H](O)COc1nsnc1-c1ccccc1. The molecule has 0 aliphatic carbocycles. The van der Waals surface area contributed by atoms with E-state index in [1.54, 1.807) is 0 Å². The second-order valence-corrected chi connectivity index (χ2v) is 10.1. The third-order valence-electron chi connectivity index (χ3n) is 4.72. The van der Waals surface area contributed by atoms with Crippen LogP contribution in [0.25, 0.3) is 11.3 Å². The molecule has 11 heteroatoms. The van der Waals surface area contributed by atoms with Gasteiger partial charge >= 0.3 is 0 Å². The summed E-state index contributed by atoms with van der Waals surface area (Å²) in [6.45, 7) is 3.91. The summed E-state index contributed by atoms with van der Waals surface area (Å²) >= 11 is 1.03. The quantitative estimate of drug-likeness (QED) is 0.406. The molecule has 0 saturated heterocycles. The molecule has 8 nitrogen and oxygen atoms in total. The summed E-state index contributed by atoms with van der Waals surface area (Å²) in [6.07, 6.45) is -0.569. The number of benzene rings is 2. The zero-order valence-corrected chi connectivity index (χ0v) is 19.3. The van der Waals surface area contributed by atoms with Gasteiger partial charge < -0.3 is 15.2 Å². The van der Waals surface area contributed by atoms with E-state index in [0.717, 1.165) is 23.4 Å². The first-order chi connectivity index (χ1) is 15.0. The van der Waals surface area contributed by atoms with Gasteiger partial charge in [-0.05, 0) is 38.0 Å². The highest BCUT2D eigenvalue weighted by atomic mass is 32.2. The molecule has 0 saturated carbocycles. The van der Waals surface area contributed by atoms with E-state index in [-0.39, 0.29) is 24.5 Å². The number of nitrogens with one attached hydrogen (secondary N) is 1. The van der Waals surface area contributed by atoms with Gasteiger partial charge in [0.1, 0.15) is 24.2 Å². The molecule has 0 radical (unpaired) electrons. The van der Waals surface area contributed by atoms with E-state index in [4.69, 9.17) is 9.88 Å². The second-order valence-electron chi connectivity index (χ2n) is 7.99. The molecule has 0 fully saturated rings. The molecule has 0 unspecified atom stereocenters. The van der Waals surface area contributed by atoms with E-state index in [1.807, 2.05) is 44.2 Å². The van der Waals surface area contributed by atoms with Crippen molar-refractivity contribution in [1.29, 1.82) is 0 Å². The first-order valence-corrected chi connectivity index (χ1v) is 12.1. The summed E-state index contributed by atoms with van der Waals surface area (Å²) in [6, 6.07) is 13.1. The molecule has 32 heavy (non-hydrogen) atoms. The van der Waals surface area contributed by atoms with Gasteiger partial charge in [-0.15, -0.1) is 4.37 Å². The Morgan fingerprint density at radius 2 is 1.94 bits per heavy atom. The van der Waals surface area contributed by atoms with E-state index in [2.05, 4.69) is 14.1 Å². The fourth-order valence-corrected chi connectivity index (χ4v) is 4.11. The van der Waals surface area contributed by atoms with Crippen molar-refractivity contribution >= 4 is 21.8 Å². The van der Waals surface area contributed by atoms with Gasteiger partial charge in [-0.3, -0.25) is 0 Å². The first-order valence-electron chi connectivity index (χ1n) is 9.80. The van der Waals surface area contributed by atoms with Gasteiger partial charge in [0.15, 0.2) is 0 Å². The summed E-state index contributed by atoms with van der Waals surface area (Å²) in [5, 5.41) is 18.6. The molecule has 0 amide bonds. The van der Waals surface area contributed by atoms with Gasteiger partial charge in [0, 0.05) is 17.6 Å². The molecule has 1 aromatic heterocycles. The van der Waals surface area contributed by atoms with Crippen molar-refractivity contribution in [2.75, 3.05) is 13.2 Å². The van der Waals surface area contributed by atoms with Crippen LogP contribution < -0.4 is 15.2 Å². The Kier molecular flexibility index (Phi) is 7.57. The van der Waals surface area contributed by atoms with Crippen LogP contribution in [0.15, 0.2) is 53.4 Å².